The number of phenols is 1. The fourth-order valence-electron chi connectivity index (χ4n) is 1.38. The van der Waals surface area contributed by atoms with Crippen molar-refractivity contribution in [1.82, 2.24) is 0 Å². The molecule has 7 nitrogen and oxygen atoms in total. The number of aliphatic hydroxyl groups is 2. The van der Waals surface area contributed by atoms with E-state index in [0.29, 0.717) is 6.29 Å². The summed E-state index contributed by atoms with van der Waals surface area (Å²) in [7, 11) is 0. The van der Waals surface area contributed by atoms with Crippen LogP contribution in [0.15, 0.2) is 23.3 Å². The fraction of sp³-hybridized carbons (Fsp3) is 0.300. The second kappa shape index (κ2) is 5.86. The number of phenolic OH excluding ortho intramolecular Hbond substituents is 1. The number of carbonyl (C=O) groups excluding carboxylic acids is 1. The molecule has 1 aromatic carbocycles. The summed E-state index contributed by atoms with van der Waals surface area (Å²) < 4.78 is 0. The summed E-state index contributed by atoms with van der Waals surface area (Å²) in [6.07, 6.45) is -2.37. The number of benzene rings is 1. The molecule has 0 amide bonds. The van der Waals surface area contributed by atoms with Crippen molar-refractivity contribution in [2.75, 3.05) is 6.54 Å². The van der Waals surface area contributed by atoms with Crippen molar-refractivity contribution in [2.24, 2.45) is 5.11 Å². The third-order valence-electron chi connectivity index (χ3n) is 2.25. The Balaban J connectivity index is 3.02. The van der Waals surface area contributed by atoms with Crippen molar-refractivity contribution in [2.45, 2.75) is 12.2 Å². The molecule has 0 aliphatic heterocycles. The topological polar surface area (TPSA) is 127 Å². The van der Waals surface area contributed by atoms with Crippen LogP contribution in [0, 0.1) is 0 Å². The summed E-state index contributed by atoms with van der Waals surface area (Å²) in [4.78, 5) is 13.2. The van der Waals surface area contributed by atoms with E-state index in [0.717, 1.165) is 0 Å². The molecular weight excluding hydrogens is 226 g/mol. The Bertz CT molecular complexity index is 457. The van der Waals surface area contributed by atoms with Crippen LogP contribution in [-0.2, 0) is 0 Å². The van der Waals surface area contributed by atoms with Crippen molar-refractivity contribution in [3.05, 3.63) is 39.8 Å². The molecule has 0 bridgehead atoms. The number of hydrogen-bond donors (Lipinski definition) is 3. The maximum atomic E-state index is 10.8. The Kier molecular flexibility index (Phi) is 4.47. The largest absolute Gasteiger partial charge is 0.507 e. The predicted molar refractivity (Wildman–Crippen MR) is 58.5 cm³/mol. The van der Waals surface area contributed by atoms with Crippen LogP contribution in [-0.4, -0.2) is 34.3 Å². The third kappa shape index (κ3) is 2.94. The first-order valence-electron chi connectivity index (χ1n) is 4.75. The van der Waals surface area contributed by atoms with Crippen LogP contribution in [0.5, 0.6) is 5.75 Å². The molecule has 0 aliphatic carbocycles. The average molecular weight is 237 g/mol. The normalized spacial score (nSPS) is 13.5. The highest BCUT2D eigenvalue weighted by Crippen LogP contribution is 2.26. The number of nitrogens with zero attached hydrogens (tertiary/aromatic N) is 3. The van der Waals surface area contributed by atoms with Gasteiger partial charge in [0.1, 0.15) is 11.9 Å². The van der Waals surface area contributed by atoms with Crippen LogP contribution in [0.1, 0.15) is 22.0 Å². The lowest BCUT2D eigenvalue weighted by Gasteiger charge is -2.18. The van der Waals surface area contributed by atoms with E-state index in [9.17, 15) is 20.1 Å². The number of aldehydes is 1. The van der Waals surface area contributed by atoms with E-state index in [2.05, 4.69) is 10.0 Å². The SMILES string of the molecule is [N-]=[N+]=NCC(O)C(O)c1cccc(O)c1C=O. The second-order valence-corrected chi connectivity index (χ2v) is 3.32. The molecule has 90 valence electrons. The first-order chi connectivity index (χ1) is 8.11. The second-order valence-electron chi connectivity index (χ2n) is 3.32. The van der Waals surface area contributed by atoms with Crippen LogP contribution < -0.4 is 0 Å². The molecule has 7 heteroatoms. The van der Waals surface area contributed by atoms with Gasteiger partial charge < -0.3 is 15.3 Å². The van der Waals surface area contributed by atoms with Crippen molar-refractivity contribution < 1.29 is 20.1 Å². The molecule has 0 heterocycles. The van der Waals surface area contributed by atoms with Gasteiger partial charge in [-0.2, -0.15) is 0 Å². The quantitative estimate of drug-likeness (QED) is 0.304. The van der Waals surface area contributed by atoms with Crippen LogP contribution in [0.3, 0.4) is 0 Å². The van der Waals surface area contributed by atoms with Gasteiger partial charge in [-0.05, 0) is 17.2 Å². The maximum absolute atomic E-state index is 10.8. The summed E-state index contributed by atoms with van der Waals surface area (Å²) in [6.45, 7) is -0.328. The minimum atomic E-state index is -1.41. The molecule has 0 saturated carbocycles. The summed E-state index contributed by atoms with van der Waals surface area (Å²) in [5.74, 6) is -0.285. The van der Waals surface area contributed by atoms with Gasteiger partial charge in [-0.25, -0.2) is 0 Å². The van der Waals surface area contributed by atoms with Crippen molar-refractivity contribution >= 4 is 6.29 Å². The monoisotopic (exact) mass is 237 g/mol. The summed E-state index contributed by atoms with van der Waals surface area (Å²) >= 11 is 0. The molecule has 0 fully saturated rings. The van der Waals surface area contributed by atoms with Gasteiger partial charge in [-0.3, -0.25) is 4.79 Å². The Labute approximate surface area is 96.6 Å². The lowest BCUT2D eigenvalue weighted by Crippen LogP contribution is -2.22. The van der Waals surface area contributed by atoms with Crippen LogP contribution in [0.2, 0.25) is 0 Å². The van der Waals surface area contributed by atoms with E-state index in [1.165, 1.54) is 18.2 Å². The molecular formula is C10H11N3O4. The van der Waals surface area contributed by atoms with E-state index in [1.54, 1.807) is 0 Å². The van der Waals surface area contributed by atoms with Gasteiger partial charge in [0.2, 0.25) is 0 Å². The lowest BCUT2D eigenvalue weighted by molar-refractivity contribution is 0.0239. The van der Waals surface area contributed by atoms with Gasteiger partial charge in [0.25, 0.3) is 0 Å². The Morgan fingerprint density at radius 2 is 2.18 bits per heavy atom. The summed E-state index contributed by atoms with van der Waals surface area (Å²) in [6, 6.07) is 4.12. The van der Waals surface area contributed by atoms with Crippen LogP contribution in [0.4, 0.5) is 0 Å². The minimum absolute atomic E-state index is 0.0839. The van der Waals surface area contributed by atoms with Crippen molar-refractivity contribution in [3.8, 4) is 5.75 Å². The molecule has 1 rings (SSSR count). The van der Waals surface area contributed by atoms with Crippen molar-refractivity contribution in [3.63, 3.8) is 0 Å². The molecule has 3 N–H and O–H groups in total. The summed E-state index contributed by atoms with van der Waals surface area (Å²) in [5, 5.41) is 31.8. The maximum Gasteiger partial charge on any atom is 0.154 e. The van der Waals surface area contributed by atoms with E-state index >= 15 is 0 Å². The molecule has 0 radical (unpaired) electrons. The zero-order valence-corrected chi connectivity index (χ0v) is 8.76. The van der Waals surface area contributed by atoms with Gasteiger partial charge in [0, 0.05) is 4.91 Å². The number of aliphatic hydroxyl groups excluding tert-OH is 2. The Morgan fingerprint density at radius 3 is 2.76 bits per heavy atom. The first-order valence-corrected chi connectivity index (χ1v) is 4.75. The van der Waals surface area contributed by atoms with Gasteiger partial charge in [0.05, 0.1) is 18.2 Å². The van der Waals surface area contributed by atoms with Gasteiger partial charge >= 0.3 is 0 Å². The van der Waals surface area contributed by atoms with E-state index in [1.807, 2.05) is 0 Å². The van der Waals surface area contributed by atoms with Crippen LogP contribution in [0.25, 0.3) is 10.4 Å². The number of carbonyl (C=O) groups is 1. The zero-order chi connectivity index (χ0) is 12.8. The summed E-state index contributed by atoms with van der Waals surface area (Å²) in [5.41, 5.74) is 8.07. The van der Waals surface area contributed by atoms with Crippen molar-refractivity contribution in [1.29, 1.82) is 0 Å². The highest BCUT2D eigenvalue weighted by atomic mass is 16.3. The molecule has 0 aromatic heterocycles. The third-order valence-corrected chi connectivity index (χ3v) is 2.25. The molecule has 2 atom stereocenters. The van der Waals surface area contributed by atoms with Gasteiger partial charge in [-0.1, -0.05) is 17.2 Å². The average Bonchev–Trinajstić information content (AvgIpc) is 2.34. The minimum Gasteiger partial charge on any atom is -0.507 e. The number of aromatic hydroxyl groups is 1. The number of hydrogen-bond acceptors (Lipinski definition) is 5. The van der Waals surface area contributed by atoms with Crippen LogP contribution >= 0.6 is 0 Å². The lowest BCUT2D eigenvalue weighted by atomic mass is 9.98. The van der Waals surface area contributed by atoms with E-state index in [-0.39, 0.29) is 23.4 Å². The van der Waals surface area contributed by atoms with Gasteiger partial charge in [0.15, 0.2) is 6.29 Å². The molecule has 0 aliphatic rings. The first kappa shape index (κ1) is 13.0. The fourth-order valence-corrected chi connectivity index (χ4v) is 1.38. The van der Waals surface area contributed by atoms with E-state index < -0.39 is 12.2 Å². The predicted octanol–water partition coefficient (Wildman–Crippen LogP) is 0.909. The standard InChI is InChI=1S/C10H11N3O4/c11-13-12-4-9(16)10(17)6-2-1-3-8(15)7(6)5-14/h1-3,5,9-10,15-17H,4H2. The molecule has 17 heavy (non-hydrogen) atoms. The molecule has 0 spiro atoms. The molecule has 2 unspecified atom stereocenters. The highest BCUT2D eigenvalue weighted by Gasteiger charge is 2.21. The number of azide groups is 1. The number of rotatable bonds is 5. The Hall–Kier alpha value is -2.08. The smallest absolute Gasteiger partial charge is 0.154 e. The van der Waals surface area contributed by atoms with Gasteiger partial charge in [-0.15, -0.1) is 0 Å². The van der Waals surface area contributed by atoms with E-state index in [4.69, 9.17) is 5.53 Å². The molecule has 0 saturated heterocycles. The zero-order valence-electron chi connectivity index (χ0n) is 8.76. The Morgan fingerprint density at radius 1 is 1.47 bits per heavy atom. The molecule has 1 aromatic rings. The highest BCUT2D eigenvalue weighted by molar-refractivity contribution is 5.81.